The molecule has 0 amide bonds. The van der Waals surface area contributed by atoms with Gasteiger partial charge in [-0.2, -0.15) is 0 Å². The van der Waals surface area contributed by atoms with E-state index in [4.69, 9.17) is 37.9 Å². The van der Waals surface area contributed by atoms with Crippen LogP contribution in [-0.2, 0) is 48.3 Å². The van der Waals surface area contributed by atoms with E-state index in [-0.39, 0.29) is 40.8 Å². The average Bonchev–Trinajstić information content (AvgIpc) is 3.60. The maximum Gasteiger partial charge on any atom is 0.367 e. The summed E-state index contributed by atoms with van der Waals surface area (Å²) in [6.45, 7) is 6.88. The highest BCUT2D eigenvalue weighted by molar-refractivity contribution is 5.91. The van der Waals surface area contributed by atoms with Crippen LogP contribution < -0.4 is 14.2 Å². The topological polar surface area (TPSA) is 162 Å². The van der Waals surface area contributed by atoms with E-state index >= 15 is 0 Å². The van der Waals surface area contributed by atoms with E-state index in [1.807, 2.05) is 0 Å². The second-order valence-electron chi connectivity index (χ2n) is 10.7. The molecule has 6 rings (SSSR count). The lowest BCUT2D eigenvalue weighted by Crippen LogP contribution is -2.75. The molecule has 0 aromatic heterocycles. The number of hydrogen-bond donors (Lipinski definition) is 1. The lowest BCUT2D eigenvalue weighted by Gasteiger charge is -2.59. The summed E-state index contributed by atoms with van der Waals surface area (Å²) in [6, 6.07) is 1.57. The number of allylic oxidation sites excluding steroid dienone is 1. The smallest absolute Gasteiger partial charge is 0.367 e. The first-order valence-corrected chi connectivity index (χ1v) is 13.2. The number of carbonyl (C=O) groups excluding carboxylic acids is 4. The van der Waals surface area contributed by atoms with Crippen molar-refractivity contribution in [3.8, 4) is 17.2 Å². The van der Waals surface area contributed by atoms with Crippen molar-refractivity contribution in [2.75, 3.05) is 27.6 Å². The van der Waals surface area contributed by atoms with Crippen LogP contribution >= 0.6 is 0 Å². The van der Waals surface area contributed by atoms with Gasteiger partial charge >= 0.3 is 23.9 Å². The summed E-state index contributed by atoms with van der Waals surface area (Å²) >= 11 is 0. The Morgan fingerprint density at radius 3 is 2.38 bits per heavy atom. The molecule has 0 radical (unpaired) electrons. The second kappa shape index (κ2) is 10.0. The maximum absolute atomic E-state index is 13.6. The van der Waals surface area contributed by atoms with Crippen molar-refractivity contribution in [2.45, 2.75) is 63.6 Å². The highest BCUT2D eigenvalue weighted by atomic mass is 16.7. The molecule has 1 N–H and O–H groups in total. The van der Waals surface area contributed by atoms with Crippen molar-refractivity contribution in [2.24, 2.45) is 5.92 Å². The molecule has 1 aromatic carbocycles. The summed E-state index contributed by atoms with van der Waals surface area (Å²) in [5, 5.41) is 12.4. The second-order valence-corrected chi connectivity index (χ2v) is 10.7. The Labute approximate surface area is 241 Å². The molecule has 4 aliphatic heterocycles. The largest absolute Gasteiger partial charge is 0.488 e. The number of aliphatic hydroxyl groups is 1. The number of benzene rings is 1. The summed E-state index contributed by atoms with van der Waals surface area (Å²) in [4.78, 5) is 52.3. The SMILES string of the molecule is CC=C(C)C(=O)OC1C(=CC(=O)OC)C23COc4c5c(cc(c42)C(OC(C)=O)C(C)C1(C)OC3(O)C(=O)OC)OCO5. The lowest BCUT2D eigenvalue weighted by atomic mass is 9.56. The van der Waals surface area contributed by atoms with E-state index in [2.05, 4.69) is 0 Å². The van der Waals surface area contributed by atoms with E-state index < -0.39 is 65.4 Å². The molecular formula is C29H32O13. The molecule has 2 bridgehead atoms. The molecule has 1 aromatic rings. The highest BCUT2D eigenvalue weighted by Crippen LogP contribution is 2.67. The first-order chi connectivity index (χ1) is 19.8. The fourth-order valence-electron chi connectivity index (χ4n) is 6.25. The molecule has 1 saturated heterocycles. The lowest BCUT2D eigenvalue weighted by molar-refractivity contribution is -0.338. The Balaban J connectivity index is 1.96. The zero-order valence-corrected chi connectivity index (χ0v) is 24.2. The summed E-state index contributed by atoms with van der Waals surface area (Å²) in [6.07, 6.45) is 0.0495. The van der Waals surface area contributed by atoms with Crippen molar-refractivity contribution in [1.29, 1.82) is 0 Å². The fourth-order valence-corrected chi connectivity index (χ4v) is 6.25. The van der Waals surface area contributed by atoms with Crippen LogP contribution in [0.1, 0.15) is 51.8 Å². The van der Waals surface area contributed by atoms with Crippen molar-refractivity contribution in [3.63, 3.8) is 0 Å². The van der Waals surface area contributed by atoms with Gasteiger partial charge in [0.05, 0.1) is 14.2 Å². The minimum absolute atomic E-state index is 0.0553. The van der Waals surface area contributed by atoms with Gasteiger partial charge in [0.2, 0.25) is 12.5 Å². The van der Waals surface area contributed by atoms with Crippen LogP contribution in [0, 0.1) is 5.92 Å². The number of hydrogen-bond acceptors (Lipinski definition) is 13. The van der Waals surface area contributed by atoms with Gasteiger partial charge in [-0.3, -0.25) is 4.79 Å². The minimum atomic E-state index is -2.85. The predicted molar refractivity (Wildman–Crippen MR) is 139 cm³/mol. The molecule has 42 heavy (non-hydrogen) atoms. The summed E-state index contributed by atoms with van der Waals surface area (Å²) in [5.41, 5.74) is -3.32. The van der Waals surface area contributed by atoms with Gasteiger partial charge in [-0.25, -0.2) is 14.4 Å². The quantitative estimate of drug-likeness (QED) is 0.302. The molecule has 13 nitrogen and oxygen atoms in total. The molecule has 6 unspecified atom stereocenters. The Morgan fingerprint density at radius 2 is 1.76 bits per heavy atom. The zero-order valence-electron chi connectivity index (χ0n) is 24.2. The molecule has 1 fully saturated rings. The first-order valence-electron chi connectivity index (χ1n) is 13.2. The van der Waals surface area contributed by atoms with Crippen LogP contribution in [0.5, 0.6) is 17.2 Å². The molecular weight excluding hydrogens is 556 g/mol. The van der Waals surface area contributed by atoms with Gasteiger partial charge in [-0.1, -0.05) is 13.0 Å². The van der Waals surface area contributed by atoms with E-state index in [0.717, 1.165) is 20.3 Å². The van der Waals surface area contributed by atoms with E-state index in [1.54, 1.807) is 19.9 Å². The van der Waals surface area contributed by atoms with Crippen LogP contribution in [0.3, 0.4) is 0 Å². The third-order valence-electron chi connectivity index (χ3n) is 8.63. The normalized spacial score (nSPS) is 33.2. The number of fused-ring (bicyclic) bond motifs is 5. The maximum atomic E-state index is 13.6. The van der Waals surface area contributed by atoms with Crippen LogP contribution in [0.25, 0.3) is 0 Å². The van der Waals surface area contributed by atoms with Gasteiger partial charge < -0.3 is 43.0 Å². The third-order valence-corrected chi connectivity index (χ3v) is 8.63. The standard InChI is InChI=1S/C29H32O13/c1-8-13(2)25(32)41-24-17(10-19(31)35-6)28-11-37-23-20(28)16(9-18-22(23)39-12-38-18)21(40-15(4)30)14(3)27(24,5)42-29(28,34)26(33)36-7/h8-10,14,21,24,34H,11-12H2,1-7H3. The first kappa shape index (κ1) is 29.4. The Bertz CT molecular complexity index is 1440. The van der Waals surface area contributed by atoms with Crippen LogP contribution in [0.4, 0.5) is 0 Å². The molecule has 4 heterocycles. The van der Waals surface area contributed by atoms with Crippen LogP contribution in [0.15, 0.2) is 29.4 Å². The predicted octanol–water partition coefficient (Wildman–Crippen LogP) is 1.93. The molecule has 6 atom stereocenters. The number of esters is 4. The summed E-state index contributed by atoms with van der Waals surface area (Å²) in [7, 11) is 2.21. The van der Waals surface area contributed by atoms with Crippen molar-refractivity contribution in [3.05, 3.63) is 40.5 Å². The van der Waals surface area contributed by atoms with Crippen LogP contribution in [0.2, 0.25) is 0 Å². The molecule has 1 aliphatic carbocycles. The van der Waals surface area contributed by atoms with Crippen molar-refractivity contribution in [1.82, 2.24) is 0 Å². The van der Waals surface area contributed by atoms with E-state index in [0.29, 0.717) is 5.56 Å². The Morgan fingerprint density at radius 1 is 1.05 bits per heavy atom. The Kier molecular flexibility index (Phi) is 7.01. The summed E-state index contributed by atoms with van der Waals surface area (Å²) < 4.78 is 45.7. The number of ether oxygens (including phenoxy) is 8. The summed E-state index contributed by atoms with van der Waals surface area (Å²) in [5.74, 6) is -6.78. The number of methoxy groups -OCH3 is 2. The molecule has 226 valence electrons. The molecule has 13 heteroatoms. The molecule has 1 spiro atoms. The number of rotatable bonds is 5. The molecule has 5 aliphatic rings. The van der Waals surface area contributed by atoms with Gasteiger partial charge in [0.15, 0.2) is 17.6 Å². The van der Waals surface area contributed by atoms with Gasteiger partial charge in [-0.05, 0) is 26.8 Å². The minimum Gasteiger partial charge on any atom is -0.488 e. The zero-order chi connectivity index (χ0) is 30.8. The number of carbonyl (C=O) groups is 4. The van der Waals surface area contributed by atoms with Gasteiger partial charge in [0.25, 0.3) is 5.79 Å². The molecule has 0 saturated carbocycles. The highest BCUT2D eigenvalue weighted by Gasteiger charge is 2.77. The van der Waals surface area contributed by atoms with Crippen molar-refractivity contribution < 1.29 is 62.2 Å². The monoisotopic (exact) mass is 588 g/mol. The third kappa shape index (κ3) is 3.83. The Hall–Kier alpha value is -4.10. The van der Waals surface area contributed by atoms with Crippen LogP contribution in [-0.4, -0.2) is 74.1 Å². The van der Waals surface area contributed by atoms with Gasteiger partial charge in [-0.15, -0.1) is 0 Å². The van der Waals surface area contributed by atoms with Crippen molar-refractivity contribution >= 4 is 23.9 Å². The van der Waals surface area contributed by atoms with E-state index in [9.17, 15) is 24.3 Å². The fraction of sp³-hybridized carbons (Fsp3) is 0.517. The van der Waals surface area contributed by atoms with Gasteiger partial charge in [0, 0.05) is 41.2 Å². The van der Waals surface area contributed by atoms with E-state index in [1.165, 1.54) is 26.8 Å². The van der Waals surface area contributed by atoms with Gasteiger partial charge in [0.1, 0.15) is 23.7 Å². The average molecular weight is 589 g/mol.